The number of alkyl halides is 3. The fourth-order valence-corrected chi connectivity index (χ4v) is 0.672. The molecular formula is C7H3F5. The highest BCUT2D eigenvalue weighted by atomic mass is 19.4. The van der Waals surface area contributed by atoms with Crippen LogP contribution in [0.4, 0.5) is 22.0 Å². The summed E-state index contributed by atoms with van der Waals surface area (Å²) >= 11 is 0. The summed E-state index contributed by atoms with van der Waals surface area (Å²) in [6.45, 7) is 0. The molecule has 12 heavy (non-hydrogen) atoms. The van der Waals surface area contributed by atoms with E-state index in [1.54, 1.807) is 0 Å². The molecule has 0 aliphatic carbocycles. The molecule has 0 N–H and O–H groups in total. The van der Waals surface area contributed by atoms with Gasteiger partial charge in [0.15, 0.2) is 11.6 Å². The third kappa shape index (κ3) is 1.72. The normalized spacial score (nSPS) is 11.8. The van der Waals surface area contributed by atoms with Gasteiger partial charge in [-0.2, -0.15) is 13.2 Å². The van der Waals surface area contributed by atoms with Crippen molar-refractivity contribution in [1.29, 1.82) is 0 Å². The van der Waals surface area contributed by atoms with Crippen molar-refractivity contribution in [2.75, 3.05) is 0 Å². The number of hydrogen-bond acceptors (Lipinski definition) is 0. The largest absolute Gasteiger partial charge is 0.416 e. The average Bonchev–Trinajstić information content (AvgIpc) is 1.92. The Kier molecular flexibility index (Phi) is 2.04. The SMILES string of the molecule is Fc1ccc(C(F)(F)F)cc1F. The average molecular weight is 182 g/mol. The van der Waals surface area contributed by atoms with E-state index >= 15 is 0 Å². The van der Waals surface area contributed by atoms with Gasteiger partial charge < -0.3 is 0 Å². The van der Waals surface area contributed by atoms with Gasteiger partial charge in [-0.3, -0.25) is 0 Å². The first-order chi connectivity index (χ1) is 5.41. The first-order valence-corrected chi connectivity index (χ1v) is 2.93. The van der Waals surface area contributed by atoms with Crippen molar-refractivity contribution >= 4 is 0 Å². The maximum absolute atomic E-state index is 12.2. The van der Waals surface area contributed by atoms with E-state index in [2.05, 4.69) is 0 Å². The Hall–Kier alpha value is -1.13. The first-order valence-electron chi connectivity index (χ1n) is 2.93. The van der Waals surface area contributed by atoms with Crippen LogP contribution in [0.15, 0.2) is 18.2 Å². The van der Waals surface area contributed by atoms with Gasteiger partial charge in [0.25, 0.3) is 0 Å². The highest BCUT2D eigenvalue weighted by Gasteiger charge is 2.31. The van der Waals surface area contributed by atoms with E-state index in [1.807, 2.05) is 0 Å². The number of benzene rings is 1. The van der Waals surface area contributed by atoms with E-state index in [4.69, 9.17) is 0 Å². The van der Waals surface area contributed by atoms with Crippen molar-refractivity contribution in [3.63, 3.8) is 0 Å². The van der Waals surface area contributed by atoms with E-state index in [0.29, 0.717) is 12.1 Å². The van der Waals surface area contributed by atoms with Crippen molar-refractivity contribution < 1.29 is 22.0 Å². The third-order valence-electron chi connectivity index (χ3n) is 1.25. The minimum Gasteiger partial charge on any atom is -0.204 e. The molecule has 66 valence electrons. The van der Waals surface area contributed by atoms with Gasteiger partial charge in [-0.1, -0.05) is 0 Å². The van der Waals surface area contributed by atoms with E-state index in [9.17, 15) is 22.0 Å². The Balaban J connectivity index is 3.14. The van der Waals surface area contributed by atoms with Gasteiger partial charge in [0.2, 0.25) is 0 Å². The van der Waals surface area contributed by atoms with Gasteiger partial charge in [-0.15, -0.1) is 0 Å². The molecule has 5 heteroatoms. The van der Waals surface area contributed by atoms with Crippen LogP contribution in [0.3, 0.4) is 0 Å². The lowest BCUT2D eigenvalue weighted by atomic mass is 10.2. The van der Waals surface area contributed by atoms with Crippen molar-refractivity contribution in [2.24, 2.45) is 0 Å². The Labute approximate surface area is 64.6 Å². The van der Waals surface area contributed by atoms with Crippen molar-refractivity contribution in [3.05, 3.63) is 35.4 Å². The summed E-state index contributed by atoms with van der Waals surface area (Å²) in [4.78, 5) is 0. The van der Waals surface area contributed by atoms with Crippen molar-refractivity contribution in [2.45, 2.75) is 6.18 Å². The maximum atomic E-state index is 12.2. The molecule has 0 aliphatic heterocycles. The summed E-state index contributed by atoms with van der Waals surface area (Å²) < 4.78 is 59.8. The second-order valence-corrected chi connectivity index (χ2v) is 2.13. The summed E-state index contributed by atoms with van der Waals surface area (Å²) in [6.07, 6.45) is -4.63. The highest BCUT2D eigenvalue weighted by molar-refractivity contribution is 5.20. The maximum Gasteiger partial charge on any atom is 0.416 e. The zero-order valence-corrected chi connectivity index (χ0v) is 5.62. The Morgan fingerprint density at radius 3 is 1.92 bits per heavy atom. The molecule has 0 unspecified atom stereocenters. The molecule has 0 fully saturated rings. The van der Waals surface area contributed by atoms with E-state index < -0.39 is 23.4 Å². The molecule has 0 heterocycles. The monoisotopic (exact) mass is 182 g/mol. The van der Waals surface area contributed by atoms with Crippen LogP contribution in [0.2, 0.25) is 0 Å². The van der Waals surface area contributed by atoms with Crippen LogP contribution in [-0.4, -0.2) is 0 Å². The molecule has 1 aromatic carbocycles. The van der Waals surface area contributed by atoms with Gasteiger partial charge in [-0.05, 0) is 18.2 Å². The van der Waals surface area contributed by atoms with Gasteiger partial charge in [0.1, 0.15) is 0 Å². The van der Waals surface area contributed by atoms with Crippen LogP contribution in [0.1, 0.15) is 5.56 Å². The molecule has 0 spiro atoms. The summed E-state index contributed by atoms with van der Waals surface area (Å²) in [7, 11) is 0. The molecule has 0 atom stereocenters. The van der Waals surface area contributed by atoms with E-state index in [0.717, 1.165) is 0 Å². The minimum atomic E-state index is -4.63. The van der Waals surface area contributed by atoms with E-state index in [-0.39, 0.29) is 6.07 Å². The van der Waals surface area contributed by atoms with Gasteiger partial charge in [0.05, 0.1) is 5.56 Å². The third-order valence-corrected chi connectivity index (χ3v) is 1.25. The van der Waals surface area contributed by atoms with Crippen molar-refractivity contribution in [3.8, 4) is 0 Å². The molecule has 0 amide bonds. The zero-order valence-electron chi connectivity index (χ0n) is 5.62. The molecule has 0 saturated carbocycles. The molecule has 1 aromatic rings. The molecule has 0 radical (unpaired) electrons. The lowest BCUT2D eigenvalue weighted by Crippen LogP contribution is -2.05. The molecule has 0 aromatic heterocycles. The molecule has 1 rings (SSSR count). The Morgan fingerprint density at radius 1 is 0.917 bits per heavy atom. The topological polar surface area (TPSA) is 0 Å². The predicted octanol–water partition coefficient (Wildman–Crippen LogP) is 2.98. The molecular weight excluding hydrogens is 179 g/mol. The second kappa shape index (κ2) is 2.73. The Bertz CT molecular complexity index is 288. The van der Waals surface area contributed by atoms with Crippen LogP contribution in [0.5, 0.6) is 0 Å². The van der Waals surface area contributed by atoms with Crippen LogP contribution in [0, 0.1) is 11.6 Å². The zero-order chi connectivity index (χ0) is 9.35. The summed E-state index contributed by atoms with van der Waals surface area (Å²) in [5.41, 5.74) is -1.19. The first kappa shape index (κ1) is 8.96. The lowest BCUT2D eigenvalue weighted by Gasteiger charge is -2.05. The summed E-state index contributed by atoms with van der Waals surface area (Å²) in [5.74, 6) is -2.78. The number of halogens is 5. The summed E-state index contributed by atoms with van der Waals surface area (Å²) in [6, 6.07) is 1.05. The number of hydrogen-bond donors (Lipinski definition) is 0. The smallest absolute Gasteiger partial charge is 0.204 e. The van der Waals surface area contributed by atoms with Crippen molar-refractivity contribution in [1.82, 2.24) is 0 Å². The fourth-order valence-electron chi connectivity index (χ4n) is 0.672. The molecule has 0 bridgehead atoms. The van der Waals surface area contributed by atoms with Gasteiger partial charge in [0, 0.05) is 0 Å². The van der Waals surface area contributed by atoms with Crippen LogP contribution < -0.4 is 0 Å². The van der Waals surface area contributed by atoms with Crippen LogP contribution >= 0.6 is 0 Å². The molecule has 0 aliphatic rings. The second-order valence-electron chi connectivity index (χ2n) is 2.13. The minimum absolute atomic E-state index is 0.120. The lowest BCUT2D eigenvalue weighted by molar-refractivity contribution is -0.137. The standard InChI is InChI=1S/C7H3F5/c8-5-2-1-4(3-6(5)9)7(10,11)12/h1-3H. The highest BCUT2D eigenvalue weighted by Crippen LogP contribution is 2.29. The van der Waals surface area contributed by atoms with Crippen LogP contribution in [0.25, 0.3) is 0 Å². The molecule has 0 nitrogen and oxygen atoms in total. The number of rotatable bonds is 0. The Morgan fingerprint density at radius 2 is 1.50 bits per heavy atom. The predicted molar refractivity (Wildman–Crippen MR) is 31.4 cm³/mol. The summed E-state index contributed by atoms with van der Waals surface area (Å²) in [5, 5.41) is 0. The van der Waals surface area contributed by atoms with Gasteiger partial charge in [-0.25, -0.2) is 8.78 Å². The van der Waals surface area contributed by atoms with E-state index in [1.165, 1.54) is 0 Å². The van der Waals surface area contributed by atoms with Crippen LogP contribution in [-0.2, 0) is 6.18 Å². The van der Waals surface area contributed by atoms with Gasteiger partial charge >= 0.3 is 6.18 Å². The molecule has 0 saturated heterocycles. The fraction of sp³-hybridized carbons (Fsp3) is 0.143. The quantitative estimate of drug-likeness (QED) is 0.541.